The van der Waals surface area contributed by atoms with Crippen molar-refractivity contribution in [2.45, 2.75) is 11.8 Å². The van der Waals surface area contributed by atoms with E-state index < -0.39 is 4.92 Å². The summed E-state index contributed by atoms with van der Waals surface area (Å²) >= 11 is 3.39. The highest BCUT2D eigenvalue weighted by Crippen LogP contribution is 2.24. The number of alkyl halides is 1. The molecule has 110 valence electrons. The van der Waals surface area contributed by atoms with E-state index in [0.717, 1.165) is 0 Å². The molecule has 6 nitrogen and oxygen atoms in total. The molecule has 1 aromatic carbocycles. The molecule has 1 amide bonds. The zero-order valence-corrected chi connectivity index (χ0v) is 13.2. The first kappa shape index (κ1) is 16.6. The number of aryl methyl sites for hydroxylation is 1. The SMILES string of the molecule is COCC(Br)CN(C)C(=O)c1cccc(C)c1[N+](=O)[O-]. The molecule has 20 heavy (non-hydrogen) atoms. The number of methoxy groups -OCH3 is 1. The van der Waals surface area contributed by atoms with Gasteiger partial charge in [0.05, 0.1) is 16.4 Å². The van der Waals surface area contributed by atoms with Gasteiger partial charge in [-0.05, 0) is 13.0 Å². The Balaban J connectivity index is 2.97. The van der Waals surface area contributed by atoms with Gasteiger partial charge in [0.2, 0.25) is 0 Å². The van der Waals surface area contributed by atoms with Gasteiger partial charge in [0, 0.05) is 26.3 Å². The third-order valence-corrected chi connectivity index (χ3v) is 3.37. The van der Waals surface area contributed by atoms with Crippen molar-refractivity contribution < 1.29 is 14.5 Å². The van der Waals surface area contributed by atoms with Crippen LogP contribution in [0.15, 0.2) is 18.2 Å². The van der Waals surface area contributed by atoms with Crippen LogP contribution in [-0.4, -0.2) is 47.9 Å². The first-order valence-electron chi connectivity index (χ1n) is 6.01. The van der Waals surface area contributed by atoms with Gasteiger partial charge in [-0.2, -0.15) is 0 Å². The van der Waals surface area contributed by atoms with Crippen molar-refractivity contribution in [1.82, 2.24) is 4.90 Å². The number of carbonyl (C=O) groups excluding carboxylic acids is 1. The van der Waals surface area contributed by atoms with Crippen LogP contribution in [0.2, 0.25) is 0 Å². The van der Waals surface area contributed by atoms with Gasteiger partial charge in [0.1, 0.15) is 5.56 Å². The van der Waals surface area contributed by atoms with Crippen LogP contribution < -0.4 is 0 Å². The largest absolute Gasteiger partial charge is 0.383 e. The summed E-state index contributed by atoms with van der Waals surface area (Å²) in [5.74, 6) is -0.374. The second-order valence-corrected chi connectivity index (χ2v) is 5.76. The van der Waals surface area contributed by atoms with E-state index in [1.165, 1.54) is 11.0 Å². The number of hydrogen-bond donors (Lipinski definition) is 0. The van der Waals surface area contributed by atoms with Crippen molar-refractivity contribution in [3.8, 4) is 0 Å². The predicted octanol–water partition coefficient (Wildman–Crippen LogP) is 2.39. The highest BCUT2D eigenvalue weighted by molar-refractivity contribution is 9.09. The molecule has 0 radical (unpaired) electrons. The molecule has 1 rings (SSSR count). The van der Waals surface area contributed by atoms with E-state index in [-0.39, 0.29) is 22.0 Å². The van der Waals surface area contributed by atoms with Crippen LogP contribution >= 0.6 is 15.9 Å². The van der Waals surface area contributed by atoms with Crippen LogP contribution in [0, 0.1) is 17.0 Å². The zero-order chi connectivity index (χ0) is 15.3. The Morgan fingerprint density at radius 1 is 1.55 bits per heavy atom. The number of nitro benzene ring substituents is 1. The summed E-state index contributed by atoms with van der Waals surface area (Å²) in [4.78, 5) is 24.3. The Bertz CT molecular complexity index is 507. The monoisotopic (exact) mass is 344 g/mol. The molecule has 1 atom stereocenters. The number of benzene rings is 1. The highest BCUT2D eigenvalue weighted by Gasteiger charge is 2.25. The second-order valence-electron chi connectivity index (χ2n) is 4.47. The lowest BCUT2D eigenvalue weighted by Gasteiger charge is -2.20. The lowest BCUT2D eigenvalue weighted by Crippen LogP contribution is -2.34. The number of amides is 1. The molecule has 0 bridgehead atoms. The molecule has 0 spiro atoms. The average Bonchev–Trinajstić information content (AvgIpc) is 2.37. The Morgan fingerprint density at radius 3 is 2.75 bits per heavy atom. The van der Waals surface area contributed by atoms with Crippen LogP contribution in [-0.2, 0) is 4.74 Å². The Hall–Kier alpha value is -1.47. The molecule has 0 aromatic heterocycles. The normalized spacial score (nSPS) is 12.0. The van der Waals surface area contributed by atoms with Crippen LogP contribution in [0.5, 0.6) is 0 Å². The maximum Gasteiger partial charge on any atom is 0.285 e. The minimum absolute atomic E-state index is 0.0229. The fraction of sp³-hybridized carbons (Fsp3) is 0.462. The molecule has 7 heteroatoms. The first-order valence-corrected chi connectivity index (χ1v) is 6.92. The summed E-state index contributed by atoms with van der Waals surface area (Å²) in [5.41, 5.74) is 0.443. The lowest BCUT2D eigenvalue weighted by atomic mass is 10.1. The summed E-state index contributed by atoms with van der Waals surface area (Å²) in [6.07, 6.45) is 0. The Kier molecular flexibility index (Phi) is 6.09. The average molecular weight is 345 g/mol. The van der Waals surface area contributed by atoms with Crippen molar-refractivity contribution in [2.24, 2.45) is 0 Å². The zero-order valence-electron chi connectivity index (χ0n) is 11.6. The van der Waals surface area contributed by atoms with Gasteiger partial charge >= 0.3 is 0 Å². The number of nitro groups is 1. The number of carbonyl (C=O) groups is 1. The van der Waals surface area contributed by atoms with Gasteiger partial charge in [0.25, 0.3) is 11.6 Å². The van der Waals surface area contributed by atoms with Gasteiger partial charge in [-0.3, -0.25) is 14.9 Å². The minimum Gasteiger partial charge on any atom is -0.383 e. The molecule has 1 aromatic rings. The summed E-state index contributed by atoms with van der Waals surface area (Å²) in [6.45, 7) is 2.47. The van der Waals surface area contributed by atoms with Gasteiger partial charge < -0.3 is 9.64 Å². The van der Waals surface area contributed by atoms with E-state index in [1.54, 1.807) is 33.2 Å². The van der Waals surface area contributed by atoms with Crippen molar-refractivity contribution in [3.63, 3.8) is 0 Å². The smallest absolute Gasteiger partial charge is 0.285 e. The molecule has 0 fully saturated rings. The van der Waals surface area contributed by atoms with E-state index in [4.69, 9.17) is 4.74 Å². The molecule has 0 aliphatic heterocycles. The van der Waals surface area contributed by atoms with Crippen LogP contribution in [0.3, 0.4) is 0 Å². The molecule has 0 heterocycles. The predicted molar refractivity (Wildman–Crippen MR) is 79.4 cm³/mol. The highest BCUT2D eigenvalue weighted by atomic mass is 79.9. The maximum atomic E-state index is 12.3. The Morgan fingerprint density at radius 2 is 2.20 bits per heavy atom. The summed E-state index contributed by atoms with van der Waals surface area (Å²) in [5, 5.41) is 11.1. The quantitative estimate of drug-likeness (QED) is 0.451. The topological polar surface area (TPSA) is 72.7 Å². The Labute approximate surface area is 126 Å². The number of hydrogen-bond acceptors (Lipinski definition) is 4. The van der Waals surface area contributed by atoms with Crippen LogP contribution in [0.4, 0.5) is 5.69 Å². The fourth-order valence-corrected chi connectivity index (χ4v) is 2.59. The molecular weight excluding hydrogens is 328 g/mol. The summed E-state index contributed by atoms with van der Waals surface area (Å²) in [7, 11) is 3.18. The molecule has 1 unspecified atom stereocenters. The first-order chi connectivity index (χ1) is 9.38. The van der Waals surface area contributed by atoms with Gasteiger partial charge in [-0.25, -0.2) is 0 Å². The third kappa shape index (κ3) is 4.01. The van der Waals surface area contributed by atoms with E-state index in [2.05, 4.69) is 15.9 Å². The van der Waals surface area contributed by atoms with Gasteiger partial charge in [-0.1, -0.05) is 28.1 Å². The van der Waals surface area contributed by atoms with Crippen molar-refractivity contribution >= 4 is 27.5 Å². The molecule has 0 aliphatic carbocycles. The number of rotatable bonds is 6. The lowest BCUT2D eigenvalue weighted by molar-refractivity contribution is -0.385. The van der Waals surface area contributed by atoms with Crippen LogP contribution in [0.25, 0.3) is 0 Å². The molecule has 0 saturated carbocycles. The van der Waals surface area contributed by atoms with E-state index in [9.17, 15) is 14.9 Å². The fourth-order valence-electron chi connectivity index (χ4n) is 1.89. The number of nitrogens with zero attached hydrogens (tertiary/aromatic N) is 2. The molecule has 0 N–H and O–H groups in total. The third-order valence-electron chi connectivity index (χ3n) is 2.82. The molecule has 0 saturated heterocycles. The van der Waals surface area contributed by atoms with Gasteiger partial charge in [0.15, 0.2) is 0 Å². The number of ether oxygens (including phenoxy) is 1. The van der Waals surface area contributed by atoms with Crippen molar-refractivity contribution in [2.75, 3.05) is 27.3 Å². The second kappa shape index (κ2) is 7.35. The molecular formula is C13H17BrN2O4. The standard InChI is InChI=1S/C13H17BrN2O4/c1-9-5-4-6-11(12(9)16(18)19)13(17)15(2)7-10(14)8-20-3/h4-6,10H,7-8H2,1-3H3. The summed E-state index contributed by atoms with van der Waals surface area (Å²) < 4.78 is 4.98. The van der Waals surface area contributed by atoms with Crippen molar-refractivity contribution in [1.29, 1.82) is 0 Å². The number of para-hydroxylation sites is 1. The minimum atomic E-state index is -0.517. The number of halogens is 1. The molecule has 0 aliphatic rings. The van der Waals surface area contributed by atoms with Gasteiger partial charge in [-0.15, -0.1) is 0 Å². The van der Waals surface area contributed by atoms with Crippen molar-refractivity contribution in [3.05, 3.63) is 39.4 Å². The van der Waals surface area contributed by atoms with E-state index >= 15 is 0 Å². The van der Waals surface area contributed by atoms with Crippen LogP contribution in [0.1, 0.15) is 15.9 Å². The summed E-state index contributed by atoms with van der Waals surface area (Å²) in [6, 6.07) is 4.74. The van der Waals surface area contributed by atoms with E-state index in [1.807, 2.05) is 0 Å². The van der Waals surface area contributed by atoms with E-state index in [0.29, 0.717) is 18.7 Å². The maximum absolute atomic E-state index is 12.3.